The molecule has 0 saturated heterocycles. The zero-order valence-electron chi connectivity index (χ0n) is 11.2. The molecule has 0 bridgehead atoms. The highest BCUT2D eigenvalue weighted by Crippen LogP contribution is 2.24. The Morgan fingerprint density at radius 1 is 1.24 bits per heavy atom. The van der Waals surface area contributed by atoms with Crippen LogP contribution in [-0.2, 0) is 4.74 Å². The maximum absolute atomic E-state index is 9.71. The summed E-state index contributed by atoms with van der Waals surface area (Å²) in [5, 5.41) is 9.71. The number of ether oxygens (including phenoxy) is 1. The van der Waals surface area contributed by atoms with Gasteiger partial charge in [0.1, 0.15) is 0 Å². The van der Waals surface area contributed by atoms with Gasteiger partial charge >= 0.3 is 0 Å². The zero-order chi connectivity index (χ0) is 12.8. The predicted molar refractivity (Wildman–Crippen MR) is 71.4 cm³/mol. The van der Waals surface area contributed by atoms with Crippen LogP contribution in [0.4, 0.5) is 5.69 Å². The molecule has 1 aromatic carbocycles. The number of likely N-dealkylation sites (N-methyl/N-ethyl adjacent to an activating group) is 1. The first kappa shape index (κ1) is 14.0. The summed E-state index contributed by atoms with van der Waals surface area (Å²) in [6, 6.07) is 7.92. The SMILES string of the molecule is CC(C)OCCN(C)c1ccccc1C(C)O. The van der Waals surface area contributed by atoms with Gasteiger partial charge in [-0.25, -0.2) is 0 Å². The Morgan fingerprint density at radius 2 is 1.88 bits per heavy atom. The molecule has 0 radical (unpaired) electrons. The number of rotatable bonds is 6. The molecule has 0 aliphatic heterocycles. The summed E-state index contributed by atoms with van der Waals surface area (Å²) in [5.74, 6) is 0. The molecule has 3 nitrogen and oxygen atoms in total. The van der Waals surface area contributed by atoms with Crippen LogP contribution in [-0.4, -0.2) is 31.4 Å². The van der Waals surface area contributed by atoms with E-state index in [-0.39, 0.29) is 6.10 Å². The van der Waals surface area contributed by atoms with Crippen LogP contribution < -0.4 is 4.90 Å². The van der Waals surface area contributed by atoms with Crippen LogP contribution in [0.5, 0.6) is 0 Å². The summed E-state index contributed by atoms with van der Waals surface area (Å²) in [6.07, 6.45) is -0.185. The lowest BCUT2D eigenvalue weighted by molar-refractivity contribution is 0.0845. The fourth-order valence-corrected chi connectivity index (χ4v) is 1.73. The number of aliphatic hydroxyl groups excluding tert-OH is 1. The first-order valence-corrected chi connectivity index (χ1v) is 6.12. The van der Waals surface area contributed by atoms with Gasteiger partial charge in [-0.1, -0.05) is 18.2 Å². The average Bonchev–Trinajstić information content (AvgIpc) is 2.28. The first-order valence-electron chi connectivity index (χ1n) is 6.12. The van der Waals surface area contributed by atoms with Gasteiger partial charge in [0.05, 0.1) is 18.8 Å². The largest absolute Gasteiger partial charge is 0.389 e. The van der Waals surface area contributed by atoms with Crippen LogP contribution in [0.1, 0.15) is 32.4 Å². The molecule has 1 aromatic rings. The van der Waals surface area contributed by atoms with E-state index in [1.807, 2.05) is 45.2 Å². The number of para-hydroxylation sites is 1. The Balaban J connectivity index is 2.65. The lowest BCUT2D eigenvalue weighted by atomic mass is 10.1. The molecule has 1 rings (SSSR count). The van der Waals surface area contributed by atoms with E-state index in [0.717, 1.165) is 17.8 Å². The standard InChI is InChI=1S/C14H23NO2/c1-11(2)17-10-9-15(4)14-8-6-5-7-13(14)12(3)16/h5-8,11-12,16H,9-10H2,1-4H3. The summed E-state index contributed by atoms with van der Waals surface area (Å²) in [5.41, 5.74) is 2.02. The van der Waals surface area contributed by atoms with Crippen LogP contribution in [0, 0.1) is 0 Å². The molecule has 0 saturated carbocycles. The van der Waals surface area contributed by atoms with E-state index in [1.165, 1.54) is 0 Å². The van der Waals surface area contributed by atoms with Gasteiger partial charge in [-0.15, -0.1) is 0 Å². The maximum Gasteiger partial charge on any atom is 0.0781 e. The lowest BCUT2D eigenvalue weighted by Gasteiger charge is -2.24. The fourth-order valence-electron chi connectivity index (χ4n) is 1.73. The molecule has 1 unspecified atom stereocenters. The molecule has 0 fully saturated rings. The van der Waals surface area contributed by atoms with Crippen LogP contribution in [0.3, 0.4) is 0 Å². The second-order valence-corrected chi connectivity index (χ2v) is 4.58. The van der Waals surface area contributed by atoms with E-state index in [0.29, 0.717) is 6.61 Å². The molecule has 0 aliphatic carbocycles. The number of hydrogen-bond donors (Lipinski definition) is 1. The van der Waals surface area contributed by atoms with Gasteiger partial charge in [0.15, 0.2) is 0 Å². The van der Waals surface area contributed by atoms with E-state index in [9.17, 15) is 5.11 Å². The third-order valence-electron chi connectivity index (χ3n) is 2.68. The van der Waals surface area contributed by atoms with Crippen molar-refractivity contribution in [1.82, 2.24) is 0 Å². The molecule has 0 heterocycles. The monoisotopic (exact) mass is 237 g/mol. The minimum atomic E-state index is -0.445. The van der Waals surface area contributed by atoms with Crippen molar-refractivity contribution in [3.63, 3.8) is 0 Å². The molecular formula is C14H23NO2. The first-order chi connectivity index (χ1) is 8.02. The smallest absolute Gasteiger partial charge is 0.0781 e. The minimum absolute atomic E-state index is 0.260. The van der Waals surface area contributed by atoms with Crippen molar-refractivity contribution < 1.29 is 9.84 Å². The van der Waals surface area contributed by atoms with Crippen molar-refractivity contribution in [3.8, 4) is 0 Å². The number of hydrogen-bond acceptors (Lipinski definition) is 3. The molecule has 0 aliphatic rings. The highest BCUT2D eigenvalue weighted by atomic mass is 16.5. The molecule has 0 amide bonds. The third-order valence-corrected chi connectivity index (χ3v) is 2.68. The quantitative estimate of drug-likeness (QED) is 0.825. The fraction of sp³-hybridized carbons (Fsp3) is 0.571. The lowest BCUT2D eigenvalue weighted by Crippen LogP contribution is -2.25. The summed E-state index contributed by atoms with van der Waals surface area (Å²) < 4.78 is 5.53. The van der Waals surface area contributed by atoms with Crippen molar-refractivity contribution in [2.45, 2.75) is 33.0 Å². The summed E-state index contributed by atoms with van der Waals surface area (Å²) in [4.78, 5) is 2.12. The normalized spacial score (nSPS) is 12.8. The molecule has 0 aromatic heterocycles. The second-order valence-electron chi connectivity index (χ2n) is 4.58. The zero-order valence-corrected chi connectivity index (χ0v) is 11.2. The van der Waals surface area contributed by atoms with E-state index >= 15 is 0 Å². The van der Waals surface area contributed by atoms with Crippen molar-refractivity contribution in [1.29, 1.82) is 0 Å². The Bertz CT molecular complexity index is 337. The van der Waals surface area contributed by atoms with Gasteiger partial charge in [0.25, 0.3) is 0 Å². The van der Waals surface area contributed by atoms with Gasteiger partial charge < -0.3 is 14.7 Å². The number of nitrogens with zero attached hydrogens (tertiary/aromatic N) is 1. The van der Waals surface area contributed by atoms with E-state index in [1.54, 1.807) is 6.92 Å². The highest BCUT2D eigenvalue weighted by molar-refractivity contribution is 5.53. The van der Waals surface area contributed by atoms with Crippen molar-refractivity contribution in [2.24, 2.45) is 0 Å². The van der Waals surface area contributed by atoms with Gasteiger partial charge in [-0.3, -0.25) is 0 Å². The Morgan fingerprint density at radius 3 is 2.47 bits per heavy atom. The maximum atomic E-state index is 9.71. The van der Waals surface area contributed by atoms with E-state index in [4.69, 9.17) is 4.74 Å². The van der Waals surface area contributed by atoms with Crippen LogP contribution in [0.25, 0.3) is 0 Å². The summed E-state index contributed by atoms with van der Waals surface area (Å²) in [7, 11) is 2.02. The molecule has 0 spiro atoms. The van der Waals surface area contributed by atoms with E-state index < -0.39 is 6.10 Å². The molecule has 17 heavy (non-hydrogen) atoms. The number of benzene rings is 1. The van der Waals surface area contributed by atoms with Crippen molar-refractivity contribution >= 4 is 5.69 Å². The second kappa shape index (κ2) is 6.62. The van der Waals surface area contributed by atoms with Crippen molar-refractivity contribution in [3.05, 3.63) is 29.8 Å². The molecule has 1 N–H and O–H groups in total. The minimum Gasteiger partial charge on any atom is -0.389 e. The van der Waals surface area contributed by atoms with E-state index in [2.05, 4.69) is 4.90 Å². The average molecular weight is 237 g/mol. The van der Waals surface area contributed by atoms with Gasteiger partial charge in [0.2, 0.25) is 0 Å². The highest BCUT2D eigenvalue weighted by Gasteiger charge is 2.10. The summed E-state index contributed by atoms with van der Waals surface area (Å²) >= 11 is 0. The third kappa shape index (κ3) is 4.36. The molecule has 3 heteroatoms. The van der Waals surface area contributed by atoms with Gasteiger partial charge in [-0.2, -0.15) is 0 Å². The molecule has 1 atom stereocenters. The van der Waals surface area contributed by atoms with Crippen LogP contribution in [0.15, 0.2) is 24.3 Å². The van der Waals surface area contributed by atoms with Crippen LogP contribution in [0.2, 0.25) is 0 Å². The number of aliphatic hydroxyl groups is 1. The Kier molecular flexibility index (Phi) is 5.45. The molecule has 96 valence electrons. The summed E-state index contributed by atoms with van der Waals surface area (Å²) in [6.45, 7) is 7.37. The Labute approximate surface area is 104 Å². The van der Waals surface area contributed by atoms with Gasteiger partial charge in [-0.05, 0) is 26.8 Å². The van der Waals surface area contributed by atoms with Crippen LogP contribution >= 0.6 is 0 Å². The van der Waals surface area contributed by atoms with Crippen molar-refractivity contribution in [2.75, 3.05) is 25.1 Å². The number of anilines is 1. The molecular weight excluding hydrogens is 214 g/mol. The topological polar surface area (TPSA) is 32.7 Å². The van der Waals surface area contributed by atoms with Gasteiger partial charge in [0, 0.05) is 24.8 Å². The predicted octanol–water partition coefficient (Wildman–Crippen LogP) is 2.60. The Hall–Kier alpha value is -1.06.